The van der Waals surface area contributed by atoms with E-state index >= 15 is 0 Å². The van der Waals surface area contributed by atoms with E-state index in [4.69, 9.17) is 5.11 Å². The fraction of sp³-hybridized carbons (Fsp3) is 0.750. The maximum atomic E-state index is 10.1. The van der Waals surface area contributed by atoms with Gasteiger partial charge in [0.1, 0.15) is 0 Å². The molecule has 0 aliphatic carbocycles. The van der Waals surface area contributed by atoms with Crippen LogP contribution in [0.2, 0.25) is 0 Å². The molecule has 0 aliphatic heterocycles. The van der Waals surface area contributed by atoms with Gasteiger partial charge < -0.3 is 5.11 Å². The van der Waals surface area contributed by atoms with Crippen molar-refractivity contribution in [3.8, 4) is 0 Å². The Balaban J connectivity index is 3.02. The number of thioether (sulfide) groups is 1. The van der Waals surface area contributed by atoms with E-state index in [2.05, 4.69) is 6.92 Å². The Morgan fingerprint density at radius 2 is 1.73 bits per heavy atom. The quantitative estimate of drug-likeness (QED) is 0.454. The number of carbonyl (C=O) groups is 1. The second-order valence-electron chi connectivity index (χ2n) is 3.63. The third kappa shape index (κ3) is 13.6. The largest absolute Gasteiger partial charge is 0.478 e. The summed E-state index contributed by atoms with van der Waals surface area (Å²) in [7, 11) is 0. The number of hydrogen-bond acceptors (Lipinski definition) is 2. The highest BCUT2D eigenvalue weighted by Crippen LogP contribution is 2.10. The predicted octanol–water partition coefficient (Wildman–Crippen LogP) is 4.07. The summed E-state index contributed by atoms with van der Waals surface area (Å²) in [6.07, 6.45) is 10.4. The van der Waals surface area contributed by atoms with Gasteiger partial charge >= 0.3 is 5.97 Å². The molecule has 0 heterocycles. The van der Waals surface area contributed by atoms with Crippen LogP contribution < -0.4 is 0 Å². The van der Waals surface area contributed by atoms with E-state index in [1.165, 1.54) is 51.0 Å². The summed E-state index contributed by atoms with van der Waals surface area (Å²) in [6.45, 7) is 2.23. The smallest absolute Gasteiger partial charge is 0.328 e. The summed E-state index contributed by atoms with van der Waals surface area (Å²) in [5.41, 5.74) is 0. The Kier molecular flexibility index (Phi) is 11.3. The zero-order chi connectivity index (χ0) is 11.4. The highest BCUT2D eigenvalue weighted by Gasteiger charge is 1.91. The van der Waals surface area contributed by atoms with Gasteiger partial charge in [0.25, 0.3) is 0 Å². The Hall–Kier alpha value is -0.440. The molecule has 88 valence electrons. The number of rotatable bonds is 10. The first-order valence-electron chi connectivity index (χ1n) is 5.78. The minimum Gasteiger partial charge on any atom is -0.478 e. The molecule has 0 aromatic rings. The predicted molar refractivity (Wildman–Crippen MR) is 67.2 cm³/mol. The van der Waals surface area contributed by atoms with Gasteiger partial charge in [0.15, 0.2) is 0 Å². The van der Waals surface area contributed by atoms with Gasteiger partial charge in [-0.2, -0.15) is 0 Å². The summed E-state index contributed by atoms with van der Waals surface area (Å²) >= 11 is 1.59. The fourth-order valence-corrected chi connectivity index (χ4v) is 2.04. The van der Waals surface area contributed by atoms with Gasteiger partial charge in [-0.1, -0.05) is 45.4 Å². The minimum absolute atomic E-state index is 0.859. The molecule has 0 aliphatic rings. The van der Waals surface area contributed by atoms with E-state index < -0.39 is 5.97 Å². The van der Waals surface area contributed by atoms with Crippen molar-refractivity contribution in [1.82, 2.24) is 0 Å². The van der Waals surface area contributed by atoms with E-state index in [-0.39, 0.29) is 0 Å². The molecule has 1 N–H and O–H groups in total. The molecular formula is C12H22O2S. The van der Waals surface area contributed by atoms with Crippen molar-refractivity contribution in [2.45, 2.75) is 51.9 Å². The Bertz CT molecular complexity index is 178. The summed E-state index contributed by atoms with van der Waals surface area (Å²) < 4.78 is 0. The van der Waals surface area contributed by atoms with Crippen LogP contribution in [0.25, 0.3) is 0 Å². The van der Waals surface area contributed by atoms with Crippen LogP contribution in [-0.2, 0) is 4.79 Å². The second-order valence-corrected chi connectivity index (χ2v) is 4.65. The molecule has 0 rings (SSSR count). The fourth-order valence-electron chi connectivity index (χ4n) is 1.32. The molecule has 0 radical (unpaired) electrons. The number of carboxylic acids is 1. The van der Waals surface area contributed by atoms with Crippen LogP contribution in [0.15, 0.2) is 11.5 Å². The zero-order valence-corrected chi connectivity index (χ0v) is 10.4. The molecule has 3 heteroatoms. The number of aliphatic carboxylic acids is 1. The number of unbranched alkanes of at least 4 members (excludes halogenated alkanes) is 6. The van der Waals surface area contributed by atoms with Crippen molar-refractivity contribution < 1.29 is 9.90 Å². The molecule has 0 atom stereocenters. The first kappa shape index (κ1) is 14.6. The van der Waals surface area contributed by atoms with Gasteiger partial charge in [-0.3, -0.25) is 0 Å². The Labute approximate surface area is 97.1 Å². The normalized spacial score (nSPS) is 11.0. The zero-order valence-electron chi connectivity index (χ0n) is 9.58. The highest BCUT2D eigenvalue weighted by molar-refractivity contribution is 8.02. The second kappa shape index (κ2) is 11.6. The highest BCUT2D eigenvalue weighted by atomic mass is 32.2. The summed E-state index contributed by atoms with van der Waals surface area (Å²) in [5.74, 6) is 0.180. The number of hydrogen-bond donors (Lipinski definition) is 1. The third-order valence-corrected chi connectivity index (χ3v) is 3.03. The lowest BCUT2D eigenvalue weighted by Crippen LogP contribution is -1.85. The van der Waals surface area contributed by atoms with E-state index in [1.807, 2.05) is 0 Å². The summed E-state index contributed by atoms with van der Waals surface area (Å²) in [5, 5.41) is 10.0. The standard InChI is InChI=1S/C12H22O2S/c1-2-3-4-5-6-7-8-10-15-11-9-12(13)14/h9,11H,2-8,10H2,1H3,(H,13,14). The SMILES string of the molecule is CCCCCCCCCSC=CC(=O)O. The lowest BCUT2D eigenvalue weighted by Gasteiger charge is -1.99. The maximum absolute atomic E-state index is 10.1. The van der Waals surface area contributed by atoms with E-state index in [9.17, 15) is 4.79 Å². The van der Waals surface area contributed by atoms with E-state index in [0.29, 0.717) is 0 Å². The average Bonchev–Trinajstić information content (AvgIpc) is 2.20. The van der Waals surface area contributed by atoms with Gasteiger partial charge in [-0.05, 0) is 17.6 Å². The molecule has 0 aromatic heterocycles. The molecule has 0 amide bonds. The first-order valence-corrected chi connectivity index (χ1v) is 6.83. The molecule has 0 spiro atoms. The molecule has 0 fully saturated rings. The molecule has 0 saturated carbocycles. The van der Waals surface area contributed by atoms with Crippen LogP contribution in [-0.4, -0.2) is 16.8 Å². The van der Waals surface area contributed by atoms with E-state index in [1.54, 1.807) is 17.2 Å². The van der Waals surface area contributed by atoms with Crippen molar-refractivity contribution in [3.05, 3.63) is 11.5 Å². The minimum atomic E-state index is -0.859. The lowest BCUT2D eigenvalue weighted by atomic mass is 10.1. The number of carboxylic acid groups (broad SMARTS) is 1. The molecule has 15 heavy (non-hydrogen) atoms. The van der Waals surface area contributed by atoms with Crippen molar-refractivity contribution in [2.75, 3.05) is 5.75 Å². The van der Waals surface area contributed by atoms with Crippen LogP contribution in [0.4, 0.5) is 0 Å². The lowest BCUT2D eigenvalue weighted by molar-refractivity contribution is -0.131. The van der Waals surface area contributed by atoms with Gasteiger partial charge in [0.05, 0.1) is 0 Å². The molecular weight excluding hydrogens is 208 g/mol. The monoisotopic (exact) mass is 230 g/mol. The van der Waals surface area contributed by atoms with Crippen molar-refractivity contribution >= 4 is 17.7 Å². The first-order chi connectivity index (χ1) is 7.27. The van der Waals surface area contributed by atoms with Crippen molar-refractivity contribution in [1.29, 1.82) is 0 Å². The Morgan fingerprint density at radius 1 is 1.13 bits per heavy atom. The van der Waals surface area contributed by atoms with Gasteiger partial charge in [0, 0.05) is 6.08 Å². The van der Waals surface area contributed by atoms with Gasteiger partial charge in [0.2, 0.25) is 0 Å². The average molecular weight is 230 g/mol. The third-order valence-electron chi connectivity index (χ3n) is 2.17. The summed E-state index contributed by atoms with van der Waals surface area (Å²) in [4.78, 5) is 10.1. The molecule has 2 nitrogen and oxygen atoms in total. The van der Waals surface area contributed by atoms with Crippen LogP contribution >= 0.6 is 11.8 Å². The van der Waals surface area contributed by atoms with Crippen molar-refractivity contribution in [2.24, 2.45) is 0 Å². The topological polar surface area (TPSA) is 37.3 Å². The van der Waals surface area contributed by atoms with Gasteiger partial charge in [-0.15, -0.1) is 11.8 Å². The van der Waals surface area contributed by atoms with Crippen LogP contribution in [0, 0.1) is 0 Å². The maximum Gasteiger partial charge on any atom is 0.328 e. The molecule has 0 unspecified atom stereocenters. The summed E-state index contributed by atoms with van der Waals surface area (Å²) in [6, 6.07) is 0. The van der Waals surface area contributed by atoms with Crippen molar-refractivity contribution in [3.63, 3.8) is 0 Å². The molecule has 0 bridgehead atoms. The van der Waals surface area contributed by atoms with Crippen LogP contribution in [0.1, 0.15) is 51.9 Å². The molecule has 0 saturated heterocycles. The van der Waals surface area contributed by atoms with Crippen LogP contribution in [0.5, 0.6) is 0 Å². The van der Waals surface area contributed by atoms with Gasteiger partial charge in [-0.25, -0.2) is 4.79 Å². The van der Waals surface area contributed by atoms with Crippen LogP contribution in [0.3, 0.4) is 0 Å². The Morgan fingerprint density at radius 3 is 2.33 bits per heavy atom. The van der Waals surface area contributed by atoms with E-state index in [0.717, 1.165) is 5.75 Å². The molecule has 0 aromatic carbocycles.